The van der Waals surface area contributed by atoms with E-state index < -0.39 is 0 Å². The molecular weight excluding hydrogens is 158 g/mol. The zero-order valence-electron chi connectivity index (χ0n) is 6.64. The quantitative estimate of drug-likeness (QED) is 0.658. The van der Waals surface area contributed by atoms with E-state index in [1.165, 1.54) is 4.85 Å². The van der Waals surface area contributed by atoms with E-state index in [-0.39, 0.29) is 0 Å². The zero-order valence-corrected chi connectivity index (χ0v) is 6.64. The summed E-state index contributed by atoms with van der Waals surface area (Å²) in [6, 6.07) is 0. The summed E-state index contributed by atoms with van der Waals surface area (Å²) >= 11 is 0. The number of nitrogens with zero attached hydrogens (tertiary/aromatic N) is 4. The highest BCUT2D eigenvalue weighted by atomic mass is 16.7. The molecule has 0 saturated carbocycles. The highest BCUT2D eigenvalue weighted by molar-refractivity contribution is 5.33. The first-order valence-electron chi connectivity index (χ1n) is 3.63. The van der Waals surface area contributed by atoms with Gasteiger partial charge in [-0.15, -0.1) is 0 Å². The summed E-state index contributed by atoms with van der Waals surface area (Å²) in [7, 11) is 0. The Morgan fingerprint density at radius 3 is 3.25 bits per heavy atom. The Morgan fingerprint density at radius 2 is 2.50 bits per heavy atom. The molecule has 0 radical (unpaired) electrons. The van der Waals surface area contributed by atoms with Crippen LogP contribution in [-0.2, 0) is 0 Å². The second-order valence-corrected chi connectivity index (χ2v) is 2.23. The summed E-state index contributed by atoms with van der Waals surface area (Å²) in [5, 5.41) is 0. The van der Waals surface area contributed by atoms with Crippen molar-refractivity contribution in [2.75, 3.05) is 12.3 Å². The molecule has 6 heteroatoms. The van der Waals surface area contributed by atoms with Gasteiger partial charge < -0.3 is 10.6 Å². The normalized spacial score (nSPS) is 10.8. The number of rotatable bonds is 2. The second-order valence-electron chi connectivity index (χ2n) is 2.23. The van der Waals surface area contributed by atoms with Gasteiger partial charge >= 0.3 is 0 Å². The van der Waals surface area contributed by atoms with Crippen molar-refractivity contribution in [3.05, 3.63) is 12.4 Å². The minimum atomic E-state index is 0.306. The fourth-order valence-electron chi connectivity index (χ4n) is 1.02. The van der Waals surface area contributed by atoms with Gasteiger partial charge in [-0.05, 0) is 6.92 Å². The number of hydrogen-bond acceptors (Lipinski definition) is 4. The minimum Gasteiger partial charge on any atom is -0.395 e. The molecule has 2 aromatic rings. The summed E-state index contributed by atoms with van der Waals surface area (Å²) in [6.07, 6.45) is 3.37. The van der Waals surface area contributed by atoms with Crippen molar-refractivity contribution in [1.29, 1.82) is 0 Å². The average Bonchev–Trinajstić information content (AvgIpc) is 2.56. The van der Waals surface area contributed by atoms with Crippen LogP contribution in [0.1, 0.15) is 6.92 Å². The van der Waals surface area contributed by atoms with Crippen molar-refractivity contribution in [2.45, 2.75) is 6.92 Å². The van der Waals surface area contributed by atoms with Crippen LogP contribution in [0.5, 0.6) is 0 Å². The van der Waals surface area contributed by atoms with E-state index in [0.717, 1.165) is 0 Å². The molecule has 0 bridgehead atoms. The van der Waals surface area contributed by atoms with Crippen LogP contribution in [0.15, 0.2) is 12.4 Å². The summed E-state index contributed by atoms with van der Waals surface area (Å²) < 4.78 is 1.64. The number of nitrogens with two attached hydrogens (primary N) is 1. The van der Waals surface area contributed by atoms with Crippen LogP contribution in [-0.4, -0.2) is 25.9 Å². The molecule has 0 aliphatic carbocycles. The summed E-state index contributed by atoms with van der Waals surface area (Å²) in [5.74, 6) is 0.848. The van der Waals surface area contributed by atoms with Gasteiger partial charge in [0, 0.05) is 6.20 Å². The van der Waals surface area contributed by atoms with Crippen molar-refractivity contribution in [3.63, 3.8) is 0 Å². The van der Waals surface area contributed by atoms with Crippen LogP contribution in [0, 0.1) is 0 Å². The molecule has 12 heavy (non-hydrogen) atoms. The Balaban J connectivity index is 2.59. The number of hydrogen-bond donors (Lipinski definition) is 1. The van der Waals surface area contributed by atoms with Gasteiger partial charge in [-0.3, -0.25) is 0 Å². The number of fused-ring (bicyclic) bond motifs is 1. The molecule has 0 atom stereocenters. The average molecular weight is 167 g/mol. The molecule has 6 nitrogen and oxygen atoms in total. The summed E-state index contributed by atoms with van der Waals surface area (Å²) in [6.45, 7) is 2.41. The number of anilines is 1. The Hall–Kier alpha value is -1.72. The molecule has 2 heterocycles. The monoisotopic (exact) mass is 167 g/mol. The lowest BCUT2D eigenvalue weighted by Gasteiger charge is -2.03. The zero-order chi connectivity index (χ0) is 8.55. The van der Waals surface area contributed by atoms with Crippen molar-refractivity contribution in [1.82, 2.24) is 19.3 Å². The predicted molar refractivity (Wildman–Crippen MR) is 42.5 cm³/mol. The van der Waals surface area contributed by atoms with Crippen molar-refractivity contribution in [3.8, 4) is 0 Å². The van der Waals surface area contributed by atoms with E-state index >= 15 is 0 Å². The molecule has 2 aromatic heterocycles. The van der Waals surface area contributed by atoms with E-state index in [0.29, 0.717) is 18.3 Å². The molecule has 2 N–H and O–H groups in total. The van der Waals surface area contributed by atoms with E-state index in [1.54, 1.807) is 16.9 Å². The molecule has 2 rings (SSSR count). The van der Waals surface area contributed by atoms with Crippen molar-refractivity contribution < 1.29 is 4.84 Å². The Kier molecular flexibility index (Phi) is 1.39. The highest BCUT2D eigenvalue weighted by Crippen LogP contribution is 2.02. The molecule has 0 amide bonds. The third kappa shape index (κ3) is 0.810. The van der Waals surface area contributed by atoms with Crippen molar-refractivity contribution in [2.24, 2.45) is 0 Å². The third-order valence-corrected chi connectivity index (χ3v) is 1.46. The van der Waals surface area contributed by atoms with Gasteiger partial charge in [0.15, 0.2) is 0 Å². The molecule has 64 valence electrons. The van der Waals surface area contributed by atoms with E-state index in [2.05, 4.69) is 9.97 Å². The minimum absolute atomic E-state index is 0.306. The fraction of sp³-hybridized carbons (Fsp3) is 0.333. The first kappa shape index (κ1) is 6.96. The molecular formula is C6H9N5O. The smallest absolute Gasteiger partial charge is 0.257 e. The molecule has 0 aliphatic rings. The van der Waals surface area contributed by atoms with Crippen molar-refractivity contribution >= 4 is 11.7 Å². The third-order valence-electron chi connectivity index (χ3n) is 1.46. The van der Waals surface area contributed by atoms with Crippen LogP contribution in [0.25, 0.3) is 5.78 Å². The first-order valence-corrected chi connectivity index (χ1v) is 3.63. The van der Waals surface area contributed by atoms with Crippen LogP contribution in [0.2, 0.25) is 0 Å². The highest BCUT2D eigenvalue weighted by Gasteiger charge is 2.07. The number of aromatic nitrogens is 4. The maximum atomic E-state index is 5.55. The second kappa shape index (κ2) is 2.40. The molecule has 0 unspecified atom stereocenters. The molecule has 0 aromatic carbocycles. The fourth-order valence-corrected chi connectivity index (χ4v) is 1.02. The van der Waals surface area contributed by atoms with Crippen LogP contribution >= 0.6 is 0 Å². The molecule has 0 aliphatic heterocycles. The Bertz CT molecular complexity index is 389. The van der Waals surface area contributed by atoms with Crippen LogP contribution < -0.4 is 10.6 Å². The maximum absolute atomic E-state index is 5.55. The van der Waals surface area contributed by atoms with E-state index in [9.17, 15) is 0 Å². The molecule has 0 saturated heterocycles. The summed E-state index contributed by atoms with van der Waals surface area (Å²) in [5.41, 5.74) is 5.55. The van der Waals surface area contributed by atoms with Gasteiger partial charge in [-0.1, -0.05) is 4.85 Å². The van der Waals surface area contributed by atoms with E-state index in [4.69, 9.17) is 10.6 Å². The van der Waals surface area contributed by atoms with Gasteiger partial charge in [0.2, 0.25) is 0 Å². The Labute approximate surface area is 68.5 Å². The lowest BCUT2D eigenvalue weighted by molar-refractivity contribution is 0.0886. The topological polar surface area (TPSA) is 70.4 Å². The van der Waals surface area contributed by atoms with Gasteiger partial charge in [-0.2, -0.15) is 9.50 Å². The Morgan fingerprint density at radius 1 is 1.67 bits per heavy atom. The van der Waals surface area contributed by atoms with E-state index in [1.807, 2.05) is 6.92 Å². The first-order chi connectivity index (χ1) is 5.83. The number of nitrogen functional groups attached to an aromatic ring is 1. The van der Waals surface area contributed by atoms with Crippen LogP contribution in [0.3, 0.4) is 0 Å². The van der Waals surface area contributed by atoms with Gasteiger partial charge in [0.1, 0.15) is 6.61 Å². The molecule has 0 spiro atoms. The SMILES string of the molecule is CCOn1c(N)nc2nccn21. The van der Waals surface area contributed by atoms with Gasteiger partial charge in [0.25, 0.3) is 11.7 Å². The molecule has 0 fully saturated rings. The standard InChI is InChI=1S/C6H9N5O/c1-2-12-11-5(7)9-6-8-3-4-10(6)11/h3-4H,2H2,1H3,(H2,7,8,9). The maximum Gasteiger partial charge on any atom is 0.257 e. The largest absolute Gasteiger partial charge is 0.395 e. The lowest BCUT2D eigenvalue weighted by Crippen LogP contribution is -2.17. The lowest BCUT2D eigenvalue weighted by atomic mass is 10.9. The predicted octanol–water partition coefficient (Wildman–Crippen LogP) is -0.439. The van der Waals surface area contributed by atoms with Gasteiger partial charge in [0.05, 0.1) is 6.20 Å². The number of imidazole rings is 1. The van der Waals surface area contributed by atoms with Gasteiger partial charge in [-0.25, -0.2) is 4.98 Å². The van der Waals surface area contributed by atoms with Crippen LogP contribution in [0.4, 0.5) is 5.95 Å². The summed E-state index contributed by atoms with van der Waals surface area (Å²) in [4.78, 5) is 14.5.